The standard InChI is InChI=1S/C8H8N.CH3.Ir/c1-2-5-8-6-3-4-7-9-8;;/h3-7H,1H3;1H3;/q2*-1;. The van der Waals surface area contributed by atoms with Crippen LogP contribution in [0.3, 0.4) is 0 Å². The molecule has 0 atom stereocenters. The molecule has 0 amide bonds. The van der Waals surface area contributed by atoms with Gasteiger partial charge in [-0.05, 0) is 6.07 Å². The summed E-state index contributed by atoms with van der Waals surface area (Å²) in [6, 6.07) is 5.79. The number of hydrogen-bond donors (Lipinski definition) is 0. The normalized spacial score (nSPS) is 8.45. The van der Waals surface area contributed by atoms with Crippen molar-refractivity contribution in [2.24, 2.45) is 0 Å². The van der Waals surface area contributed by atoms with Gasteiger partial charge in [0.05, 0.1) is 0 Å². The second-order valence-electron chi connectivity index (χ2n) is 1.69. The van der Waals surface area contributed by atoms with Gasteiger partial charge >= 0.3 is 0 Å². The first kappa shape index (κ1) is 13.2. The van der Waals surface area contributed by atoms with E-state index in [2.05, 4.69) is 11.1 Å². The van der Waals surface area contributed by atoms with Crippen LogP contribution in [0, 0.1) is 13.5 Å². The summed E-state index contributed by atoms with van der Waals surface area (Å²) in [6.07, 6.45) is 6.51. The molecule has 0 N–H and O–H groups in total. The molecule has 1 heterocycles. The van der Waals surface area contributed by atoms with Gasteiger partial charge in [-0.3, -0.25) is 6.08 Å². The molecule has 0 spiro atoms. The van der Waals surface area contributed by atoms with Crippen molar-refractivity contribution in [2.75, 3.05) is 0 Å². The van der Waals surface area contributed by atoms with E-state index < -0.39 is 0 Å². The number of aromatic nitrogens is 1. The van der Waals surface area contributed by atoms with Crippen LogP contribution < -0.4 is 0 Å². The van der Waals surface area contributed by atoms with Gasteiger partial charge in [-0.15, -0.1) is 13.0 Å². The molecule has 0 unspecified atom stereocenters. The van der Waals surface area contributed by atoms with Crippen molar-refractivity contribution >= 4 is 6.08 Å². The van der Waals surface area contributed by atoms with Crippen LogP contribution in [0.1, 0.15) is 12.6 Å². The first-order valence-electron chi connectivity index (χ1n) is 2.85. The summed E-state index contributed by atoms with van der Waals surface area (Å²) in [5.74, 6) is 0. The molecule has 0 bridgehead atoms. The van der Waals surface area contributed by atoms with E-state index >= 15 is 0 Å². The molecule has 63 valence electrons. The summed E-state index contributed by atoms with van der Waals surface area (Å²) < 4.78 is 0. The third-order valence-electron chi connectivity index (χ3n) is 0.980. The van der Waals surface area contributed by atoms with Gasteiger partial charge < -0.3 is 12.4 Å². The fourth-order valence-electron chi connectivity index (χ4n) is 0.609. The second kappa shape index (κ2) is 7.64. The van der Waals surface area contributed by atoms with Gasteiger partial charge in [0, 0.05) is 26.3 Å². The van der Waals surface area contributed by atoms with E-state index in [1.807, 2.05) is 31.2 Å². The van der Waals surface area contributed by atoms with Gasteiger partial charge in [0.25, 0.3) is 0 Å². The Morgan fingerprint density at radius 1 is 1.45 bits per heavy atom. The molecule has 1 nitrogen and oxygen atoms in total. The molecule has 1 aromatic rings. The second-order valence-corrected chi connectivity index (χ2v) is 1.69. The Morgan fingerprint density at radius 3 is 2.64 bits per heavy atom. The third-order valence-corrected chi connectivity index (χ3v) is 0.980. The van der Waals surface area contributed by atoms with Gasteiger partial charge in [-0.1, -0.05) is 11.8 Å². The zero-order chi connectivity index (χ0) is 6.53. The van der Waals surface area contributed by atoms with Crippen molar-refractivity contribution in [1.82, 2.24) is 4.98 Å². The van der Waals surface area contributed by atoms with Gasteiger partial charge in [0.15, 0.2) is 0 Å². The van der Waals surface area contributed by atoms with E-state index in [0.717, 1.165) is 5.69 Å². The summed E-state index contributed by atoms with van der Waals surface area (Å²) >= 11 is 0. The molecule has 1 rings (SSSR count). The molecule has 1 radical (unpaired) electrons. The van der Waals surface area contributed by atoms with Gasteiger partial charge in [-0.2, -0.15) is 0 Å². The maximum absolute atomic E-state index is 4.05. The van der Waals surface area contributed by atoms with E-state index in [-0.39, 0.29) is 27.5 Å². The largest absolute Gasteiger partial charge is 0.358 e. The SMILES string of the molecule is C[C-]=Cc1ccccn1.[CH3-].[Ir]. The number of rotatable bonds is 1. The number of nitrogens with zero attached hydrogens (tertiary/aromatic N) is 1. The maximum atomic E-state index is 4.05. The van der Waals surface area contributed by atoms with Crippen molar-refractivity contribution in [3.63, 3.8) is 0 Å². The van der Waals surface area contributed by atoms with Crippen molar-refractivity contribution in [3.05, 3.63) is 43.6 Å². The van der Waals surface area contributed by atoms with Crippen molar-refractivity contribution in [3.8, 4) is 0 Å². The Morgan fingerprint density at radius 2 is 2.18 bits per heavy atom. The molecular formula is C9H11IrN-2. The van der Waals surface area contributed by atoms with Crippen molar-refractivity contribution in [2.45, 2.75) is 6.92 Å². The van der Waals surface area contributed by atoms with E-state index in [9.17, 15) is 0 Å². The summed E-state index contributed by atoms with van der Waals surface area (Å²) in [6.45, 7) is 1.86. The smallest absolute Gasteiger partial charge is 0.00534 e. The van der Waals surface area contributed by atoms with Crippen LogP contribution in [0.5, 0.6) is 0 Å². The Bertz CT molecular complexity index is 194. The van der Waals surface area contributed by atoms with Crippen molar-refractivity contribution < 1.29 is 20.1 Å². The van der Waals surface area contributed by atoms with Gasteiger partial charge in [0.2, 0.25) is 0 Å². The molecule has 0 aliphatic heterocycles. The zero-order valence-electron chi connectivity index (χ0n) is 6.67. The molecule has 1 aromatic heterocycles. The molecule has 0 aromatic carbocycles. The average molecular weight is 325 g/mol. The summed E-state index contributed by atoms with van der Waals surface area (Å²) in [5.41, 5.74) is 0.958. The Balaban J connectivity index is 0. The predicted octanol–water partition coefficient (Wildman–Crippen LogP) is 2.37. The maximum Gasteiger partial charge on any atom is 0.00534 e. The van der Waals surface area contributed by atoms with Crippen LogP contribution in [0.15, 0.2) is 24.4 Å². The quantitative estimate of drug-likeness (QED) is 0.723. The van der Waals surface area contributed by atoms with E-state index in [1.54, 1.807) is 6.20 Å². The first-order valence-corrected chi connectivity index (χ1v) is 2.85. The molecule has 0 fully saturated rings. The number of hydrogen-bond acceptors (Lipinski definition) is 1. The Labute approximate surface area is 81.9 Å². The summed E-state index contributed by atoms with van der Waals surface area (Å²) in [7, 11) is 0. The van der Waals surface area contributed by atoms with Crippen molar-refractivity contribution in [1.29, 1.82) is 0 Å². The minimum Gasteiger partial charge on any atom is -0.358 e. The first-order chi connectivity index (χ1) is 4.43. The average Bonchev–Trinajstić information content (AvgIpc) is 1.91. The fraction of sp³-hybridized carbons (Fsp3) is 0.111. The van der Waals surface area contributed by atoms with Crippen LogP contribution in [0.2, 0.25) is 0 Å². The van der Waals surface area contributed by atoms with Crippen LogP contribution in [0.25, 0.3) is 6.08 Å². The minimum absolute atomic E-state index is 0. The molecule has 0 aliphatic carbocycles. The van der Waals surface area contributed by atoms with E-state index in [1.165, 1.54) is 0 Å². The fourth-order valence-corrected chi connectivity index (χ4v) is 0.609. The predicted molar refractivity (Wildman–Crippen MR) is 44.0 cm³/mol. The zero-order valence-corrected chi connectivity index (χ0v) is 9.06. The van der Waals surface area contributed by atoms with Crippen LogP contribution in [0.4, 0.5) is 0 Å². The number of pyridine rings is 1. The van der Waals surface area contributed by atoms with Crippen LogP contribution >= 0.6 is 0 Å². The van der Waals surface area contributed by atoms with Crippen LogP contribution in [-0.2, 0) is 20.1 Å². The minimum atomic E-state index is 0. The number of allylic oxidation sites excluding steroid dienone is 1. The van der Waals surface area contributed by atoms with Gasteiger partial charge in [-0.25, -0.2) is 6.08 Å². The third kappa shape index (κ3) is 4.88. The van der Waals surface area contributed by atoms with Crippen LogP contribution in [-0.4, -0.2) is 4.98 Å². The molecule has 11 heavy (non-hydrogen) atoms. The Kier molecular flexibility index (Phi) is 9.14. The summed E-state index contributed by atoms with van der Waals surface area (Å²) in [4.78, 5) is 4.05. The molecular weight excluding hydrogens is 314 g/mol. The van der Waals surface area contributed by atoms with E-state index in [0.29, 0.717) is 0 Å². The topological polar surface area (TPSA) is 12.9 Å². The molecule has 0 saturated heterocycles. The molecule has 2 heteroatoms. The molecule has 0 saturated carbocycles. The van der Waals surface area contributed by atoms with Gasteiger partial charge in [0.1, 0.15) is 0 Å². The monoisotopic (exact) mass is 326 g/mol. The Hall–Kier alpha value is -0.461. The summed E-state index contributed by atoms with van der Waals surface area (Å²) in [5, 5.41) is 0. The van der Waals surface area contributed by atoms with E-state index in [4.69, 9.17) is 0 Å². The molecule has 0 aliphatic rings.